The molecule has 2 heterocycles. The Morgan fingerprint density at radius 3 is 2.65 bits per heavy atom. The predicted octanol–water partition coefficient (Wildman–Crippen LogP) is 3.97. The second kappa shape index (κ2) is 11.6. The topological polar surface area (TPSA) is 113 Å². The highest BCUT2D eigenvalue weighted by Gasteiger charge is 2.54. The number of anilines is 2. The van der Waals surface area contributed by atoms with Crippen molar-refractivity contribution < 1.29 is 14.7 Å². The third kappa shape index (κ3) is 5.10. The quantitative estimate of drug-likeness (QED) is 0.438. The summed E-state index contributed by atoms with van der Waals surface area (Å²) in [6.45, 7) is 4.25. The fourth-order valence-electron chi connectivity index (χ4n) is 5.16. The van der Waals surface area contributed by atoms with Crippen LogP contribution in [0.5, 0.6) is 0 Å². The van der Waals surface area contributed by atoms with Gasteiger partial charge in [-0.05, 0) is 69.3 Å². The molecular weight excluding hydrogens is 536 g/mol. The molecule has 0 saturated carbocycles. The molecule has 2 aliphatic rings. The molecule has 0 radical (unpaired) electrons. The first-order valence-electron chi connectivity index (χ1n) is 11.9. The third-order valence-electron chi connectivity index (χ3n) is 7.27. The lowest BCUT2D eigenvalue weighted by atomic mass is 9.83. The Morgan fingerprint density at radius 2 is 2.08 bits per heavy atom. The van der Waals surface area contributed by atoms with Crippen molar-refractivity contribution in [1.82, 2.24) is 14.8 Å². The molecule has 9 nitrogen and oxygen atoms in total. The maximum atomic E-state index is 12.2. The summed E-state index contributed by atoms with van der Waals surface area (Å²) in [5.41, 5.74) is 2.55. The summed E-state index contributed by atoms with van der Waals surface area (Å²) < 4.78 is 0. The Bertz CT molecular complexity index is 1230. The van der Waals surface area contributed by atoms with E-state index < -0.39 is 17.6 Å². The van der Waals surface area contributed by atoms with Gasteiger partial charge in [0.25, 0.3) is 0 Å². The van der Waals surface area contributed by atoms with Crippen LogP contribution in [0.2, 0.25) is 0 Å². The Labute approximate surface area is 227 Å². The van der Waals surface area contributed by atoms with Crippen LogP contribution in [-0.2, 0) is 9.59 Å². The standard InChI is InChI=1S/C27H30N6O3.BrH/c1-4-27-13-12-22(32(18-34)24-7-5-6-14-29-24)15-23(27)33(19(2)26(35)36)25(31(27)3)17-30-21-10-8-20(16-28)9-11-21;/h5-12,14-15,18-19,25,30H,4,13,17H2,1-3H3,(H,35,36);1H. The number of aromatic nitrogens is 1. The fraction of sp³-hybridized carbons (Fsp3) is 0.333. The Kier molecular flexibility index (Phi) is 8.73. The van der Waals surface area contributed by atoms with Crippen LogP contribution in [0.15, 0.2) is 72.2 Å². The van der Waals surface area contributed by atoms with Crippen LogP contribution in [-0.4, -0.2) is 63.6 Å². The van der Waals surface area contributed by atoms with Gasteiger partial charge >= 0.3 is 5.97 Å². The second-order valence-electron chi connectivity index (χ2n) is 8.99. The smallest absolute Gasteiger partial charge is 0.326 e. The molecule has 1 aliphatic carbocycles. The zero-order valence-corrected chi connectivity index (χ0v) is 22.7. The van der Waals surface area contributed by atoms with Gasteiger partial charge in [0.1, 0.15) is 18.0 Å². The van der Waals surface area contributed by atoms with Crippen LogP contribution in [0, 0.1) is 11.3 Å². The minimum atomic E-state index is -0.923. The molecule has 2 N–H and O–H groups in total. The van der Waals surface area contributed by atoms with Crippen molar-refractivity contribution in [1.29, 1.82) is 5.26 Å². The molecule has 2 aromatic rings. The number of hydrogen-bond acceptors (Lipinski definition) is 7. The van der Waals surface area contributed by atoms with Gasteiger partial charge in [-0.1, -0.05) is 19.1 Å². The molecule has 1 aliphatic heterocycles. The Morgan fingerprint density at radius 1 is 1.35 bits per heavy atom. The van der Waals surface area contributed by atoms with Crippen LogP contribution in [0.1, 0.15) is 32.3 Å². The number of carboxylic acid groups (broad SMARTS) is 1. The van der Waals surface area contributed by atoms with Gasteiger partial charge < -0.3 is 15.3 Å². The highest BCUT2D eigenvalue weighted by molar-refractivity contribution is 8.93. The number of pyridine rings is 1. The van der Waals surface area contributed by atoms with Crippen LogP contribution < -0.4 is 10.2 Å². The van der Waals surface area contributed by atoms with Crippen molar-refractivity contribution in [3.05, 3.63) is 77.8 Å². The lowest BCUT2D eigenvalue weighted by Gasteiger charge is -2.39. The minimum absolute atomic E-state index is 0. The van der Waals surface area contributed by atoms with Crippen LogP contribution >= 0.6 is 17.0 Å². The van der Waals surface area contributed by atoms with Gasteiger partial charge in [0.15, 0.2) is 0 Å². The zero-order valence-electron chi connectivity index (χ0n) is 21.0. The molecule has 4 rings (SSSR count). The molecular formula is C27H31BrN6O3. The van der Waals surface area contributed by atoms with E-state index in [0.717, 1.165) is 24.2 Å². The number of amides is 1. The summed E-state index contributed by atoms with van der Waals surface area (Å²) in [6.07, 6.45) is 7.43. The SMILES string of the molecule is Br.CCC12CC=C(N(C=O)c3ccccn3)C=C1N(C(C)C(=O)O)C(CNc1ccc(C#N)cc1)N2C. The zero-order chi connectivity index (χ0) is 25.9. The maximum Gasteiger partial charge on any atom is 0.326 e. The lowest BCUT2D eigenvalue weighted by Crippen LogP contribution is -2.50. The van der Waals surface area contributed by atoms with E-state index in [9.17, 15) is 14.7 Å². The van der Waals surface area contributed by atoms with Crippen molar-refractivity contribution in [3.63, 3.8) is 0 Å². The molecule has 37 heavy (non-hydrogen) atoms. The summed E-state index contributed by atoms with van der Waals surface area (Å²) in [4.78, 5) is 34.3. The molecule has 0 bridgehead atoms. The van der Waals surface area contributed by atoms with Gasteiger partial charge in [0.05, 0.1) is 17.2 Å². The van der Waals surface area contributed by atoms with Gasteiger partial charge in [-0.3, -0.25) is 14.6 Å². The number of likely N-dealkylation sites (N-methyl/N-ethyl adjacent to an activating group) is 1. The molecule has 1 aromatic heterocycles. The number of carboxylic acids is 1. The summed E-state index contributed by atoms with van der Waals surface area (Å²) >= 11 is 0. The number of allylic oxidation sites excluding steroid dienone is 1. The molecule has 1 saturated heterocycles. The summed E-state index contributed by atoms with van der Waals surface area (Å²) in [6, 6.07) is 13.9. The number of hydrogen-bond donors (Lipinski definition) is 2. The van der Waals surface area contributed by atoms with Crippen molar-refractivity contribution in [2.45, 2.75) is 44.4 Å². The van der Waals surface area contributed by atoms with E-state index in [4.69, 9.17) is 5.26 Å². The number of benzene rings is 1. The first-order chi connectivity index (χ1) is 17.4. The second-order valence-corrected chi connectivity index (χ2v) is 8.99. The number of rotatable bonds is 9. The Hall–Kier alpha value is -3.68. The molecule has 0 spiro atoms. The monoisotopic (exact) mass is 566 g/mol. The van der Waals surface area contributed by atoms with Crippen molar-refractivity contribution in [3.8, 4) is 6.07 Å². The van der Waals surface area contributed by atoms with E-state index >= 15 is 0 Å². The average molecular weight is 567 g/mol. The number of aliphatic carboxylic acids is 1. The maximum absolute atomic E-state index is 12.2. The number of carbonyl (C=O) groups excluding carboxylic acids is 1. The summed E-state index contributed by atoms with van der Waals surface area (Å²) in [5, 5.41) is 22.5. The number of nitrogens with one attached hydrogen (secondary N) is 1. The molecule has 3 atom stereocenters. The number of nitriles is 1. The third-order valence-corrected chi connectivity index (χ3v) is 7.27. The van der Waals surface area contributed by atoms with E-state index in [2.05, 4.69) is 28.2 Å². The van der Waals surface area contributed by atoms with Gasteiger partial charge in [-0.15, -0.1) is 17.0 Å². The van der Waals surface area contributed by atoms with E-state index in [0.29, 0.717) is 30.0 Å². The number of fused-ring (bicyclic) bond motifs is 1. The minimum Gasteiger partial charge on any atom is -0.480 e. The number of halogens is 1. The van der Waals surface area contributed by atoms with E-state index in [-0.39, 0.29) is 23.1 Å². The molecule has 10 heteroatoms. The predicted molar refractivity (Wildman–Crippen MR) is 147 cm³/mol. The normalized spacial score (nSPS) is 21.5. The van der Waals surface area contributed by atoms with E-state index in [1.807, 2.05) is 42.3 Å². The van der Waals surface area contributed by atoms with Gasteiger partial charge in [0, 0.05) is 29.8 Å². The first kappa shape index (κ1) is 27.9. The lowest BCUT2D eigenvalue weighted by molar-refractivity contribution is -0.142. The van der Waals surface area contributed by atoms with Crippen molar-refractivity contribution in [2.24, 2.45) is 0 Å². The van der Waals surface area contributed by atoms with Crippen LogP contribution in [0.25, 0.3) is 0 Å². The summed E-state index contributed by atoms with van der Waals surface area (Å²) in [5.74, 6) is -0.421. The largest absolute Gasteiger partial charge is 0.480 e. The molecule has 1 fully saturated rings. The fourth-order valence-corrected chi connectivity index (χ4v) is 5.16. The van der Waals surface area contributed by atoms with Crippen molar-refractivity contribution in [2.75, 3.05) is 23.8 Å². The molecule has 194 valence electrons. The van der Waals surface area contributed by atoms with Crippen LogP contribution in [0.4, 0.5) is 11.5 Å². The first-order valence-corrected chi connectivity index (χ1v) is 11.9. The number of carbonyl (C=O) groups is 2. The van der Waals surface area contributed by atoms with E-state index in [1.54, 1.807) is 37.4 Å². The van der Waals surface area contributed by atoms with Crippen LogP contribution in [0.3, 0.4) is 0 Å². The molecule has 1 aromatic carbocycles. The van der Waals surface area contributed by atoms with Gasteiger partial charge in [-0.25, -0.2) is 9.78 Å². The highest BCUT2D eigenvalue weighted by Crippen LogP contribution is 2.47. The van der Waals surface area contributed by atoms with E-state index in [1.165, 1.54) is 4.90 Å². The number of nitrogens with zero attached hydrogens (tertiary/aromatic N) is 5. The Balaban J connectivity index is 0.00000380. The van der Waals surface area contributed by atoms with Crippen molar-refractivity contribution >= 4 is 40.9 Å². The average Bonchev–Trinajstić information content (AvgIpc) is 3.15. The highest BCUT2D eigenvalue weighted by atomic mass is 79.9. The summed E-state index contributed by atoms with van der Waals surface area (Å²) in [7, 11) is 2.02. The molecule has 1 amide bonds. The van der Waals surface area contributed by atoms with Gasteiger partial charge in [-0.2, -0.15) is 5.26 Å². The van der Waals surface area contributed by atoms with Gasteiger partial charge in [0.2, 0.25) is 6.41 Å². The molecule has 3 unspecified atom stereocenters.